The monoisotopic (exact) mass is 244 g/mol. The first-order chi connectivity index (χ1) is 7.43. The maximum absolute atomic E-state index is 12.4. The van der Waals surface area contributed by atoms with Crippen LogP contribution in [0.25, 0.3) is 0 Å². The lowest BCUT2D eigenvalue weighted by Gasteiger charge is -2.33. The number of nitrogens with two attached hydrogens (primary N) is 1. The smallest absolute Gasteiger partial charge is 0.235 e. The quantitative estimate of drug-likeness (QED) is 0.699. The summed E-state index contributed by atoms with van der Waals surface area (Å²) in [7, 11) is 0. The Morgan fingerprint density at radius 2 is 1.69 bits per heavy atom. The molecule has 0 aliphatic heterocycles. The second-order valence-electron chi connectivity index (χ2n) is 4.34. The van der Waals surface area contributed by atoms with Crippen LogP contribution in [0.3, 0.4) is 0 Å². The number of hydrogen-bond donors (Lipinski definition) is 1. The number of thiocarbonyl (C=S) groups is 1. The van der Waals surface area contributed by atoms with Gasteiger partial charge in [-0.3, -0.25) is 4.79 Å². The fourth-order valence-corrected chi connectivity index (χ4v) is 1.87. The van der Waals surface area contributed by atoms with E-state index in [2.05, 4.69) is 13.8 Å². The third kappa shape index (κ3) is 3.44. The van der Waals surface area contributed by atoms with Crippen molar-refractivity contribution in [2.24, 2.45) is 11.1 Å². The molecule has 2 N–H and O–H groups in total. The summed E-state index contributed by atoms with van der Waals surface area (Å²) < 4.78 is 0. The van der Waals surface area contributed by atoms with Crippen molar-refractivity contribution in [3.8, 4) is 0 Å². The highest BCUT2D eigenvalue weighted by Gasteiger charge is 2.37. The number of carbonyl (C=O) groups excluding carboxylic acids is 1. The molecule has 0 aliphatic rings. The van der Waals surface area contributed by atoms with Gasteiger partial charge in [-0.25, -0.2) is 0 Å². The maximum Gasteiger partial charge on any atom is 0.235 e. The van der Waals surface area contributed by atoms with Gasteiger partial charge in [0.2, 0.25) is 5.91 Å². The van der Waals surface area contributed by atoms with E-state index in [4.69, 9.17) is 18.0 Å². The summed E-state index contributed by atoms with van der Waals surface area (Å²) in [6.07, 6.45) is 2.58. The predicted molar refractivity (Wildman–Crippen MR) is 72.3 cm³/mol. The van der Waals surface area contributed by atoms with Gasteiger partial charge < -0.3 is 10.6 Å². The zero-order valence-electron chi connectivity index (χ0n) is 10.9. The lowest BCUT2D eigenvalue weighted by Crippen LogP contribution is -2.49. The van der Waals surface area contributed by atoms with E-state index in [1.165, 1.54) is 0 Å². The Bertz CT molecular complexity index is 249. The molecule has 0 aromatic heterocycles. The van der Waals surface area contributed by atoms with Crippen molar-refractivity contribution in [2.45, 2.75) is 47.0 Å². The van der Waals surface area contributed by atoms with Crippen LogP contribution in [-0.2, 0) is 4.79 Å². The van der Waals surface area contributed by atoms with E-state index in [9.17, 15) is 4.79 Å². The Kier molecular flexibility index (Phi) is 6.56. The summed E-state index contributed by atoms with van der Waals surface area (Å²) in [5.74, 6) is 0.0752. The van der Waals surface area contributed by atoms with Gasteiger partial charge in [-0.05, 0) is 26.2 Å². The minimum atomic E-state index is -0.681. The zero-order valence-corrected chi connectivity index (χ0v) is 11.7. The number of hydrogen-bond acceptors (Lipinski definition) is 2. The van der Waals surface area contributed by atoms with Gasteiger partial charge in [0.25, 0.3) is 0 Å². The van der Waals surface area contributed by atoms with E-state index in [-0.39, 0.29) is 5.91 Å². The lowest BCUT2D eigenvalue weighted by atomic mass is 9.85. The Labute approximate surface area is 104 Å². The molecule has 3 nitrogen and oxygen atoms in total. The van der Waals surface area contributed by atoms with Crippen molar-refractivity contribution < 1.29 is 4.79 Å². The highest BCUT2D eigenvalue weighted by molar-refractivity contribution is 7.80. The number of amides is 1. The first-order valence-electron chi connectivity index (χ1n) is 6.03. The van der Waals surface area contributed by atoms with Gasteiger partial charge in [-0.15, -0.1) is 0 Å². The van der Waals surface area contributed by atoms with Crippen molar-refractivity contribution in [2.75, 3.05) is 13.1 Å². The van der Waals surface area contributed by atoms with E-state index in [0.717, 1.165) is 25.9 Å². The first-order valence-corrected chi connectivity index (χ1v) is 6.44. The van der Waals surface area contributed by atoms with Crippen LogP contribution in [0.5, 0.6) is 0 Å². The molecule has 0 spiro atoms. The van der Waals surface area contributed by atoms with Crippen molar-refractivity contribution in [3.05, 3.63) is 0 Å². The van der Waals surface area contributed by atoms with Gasteiger partial charge in [-0.1, -0.05) is 33.0 Å². The molecule has 0 saturated carbocycles. The van der Waals surface area contributed by atoms with Crippen molar-refractivity contribution in [1.29, 1.82) is 0 Å². The maximum atomic E-state index is 12.4. The molecule has 0 fully saturated rings. The molecule has 0 aliphatic carbocycles. The van der Waals surface area contributed by atoms with E-state index in [0.29, 0.717) is 11.4 Å². The average Bonchev–Trinajstić information content (AvgIpc) is 2.26. The Morgan fingerprint density at radius 1 is 1.25 bits per heavy atom. The molecule has 16 heavy (non-hydrogen) atoms. The Balaban J connectivity index is 4.88. The minimum absolute atomic E-state index is 0.0752. The topological polar surface area (TPSA) is 46.3 Å². The molecule has 0 saturated heterocycles. The lowest BCUT2D eigenvalue weighted by molar-refractivity contribution is -0.137. The van der Waals surface area contributed by atoms with Crippen LogP contribution in [-0.4, -0.2) is 28.9 Å². The minimum Gasteiger partial charge on any atom is -0.392 e. The molecule has 0 heterocycles. The summed E-state index contributed by atoms with van der Waals surface area (Å²) in [6.45, 7) is 9.50. The largest absolute Gasteiger partial charge is 0.392 e. The van der Waals surface area contributed by atoms with E-state index < -0.39 is 5.41 Å². The van der Waals surface area contributed by atoms with Crippen LogP contribution in [0, 0.1) is 5.41 Å². The summed E-state index contributed by atoms with van der Waals surface area (Å²) in [5.41, 5.74) is 5.02. The highest BCUT2D eigenvalue weighted by atomic mass is 32.1. The Hall–Kier alpha value is -0.640. The van der Waals surface area contributed by atoms with Gasteiger partial charge in [0, 0.05) is 13.1 Å². The summed E-state index contributed by atoms with van der Waals surface area (Å²) in [6, 6.07) is 0. The van der Waals surface area contributed by atoms with Crippen LogP contribution in [0.2, 0.25) is 0 Å². The summed E-state index contributed by atoms with van der Waals surface area (Å²) >= 11 is 5.02. The van der Waals surface area contributed by atoms with Gasteiger partial charge in [-0.2, -0.15) is 0 Å². The standard InChI is InChI=1S/C12H24N2OS/c1-5-8-14(9-6-2)11(15)12(4,7-3)10(13)16/h5-9H2,1-4H3,(H2,13,16). The number of rotatable bonds is 7. The molecule has 0 rings (SSSR count). The third-order valence-corrected chi connectivity index (χ3v) is 3.45. The van der Waals surface area contributed by atoms with E-state index in [1.54, 1.807) is 0 Å². The highest BCUT2D eigenvalue weighted by Crippen LogP contribution is 2.25. The molecule has 0 bridgehead atoms. The summed E-state index contributed by atoms with van der Waals surface area (Å²) in [4.78, 5) is 14.6. The van der Waals surface area contributed by atoms with Crippen LogP contribution >= 0.6 is 12.2 Å². The molecule has 1 amide bonds. The zero-order chi connectivity index (χ0) is 12.8. The molecular formula is C12H24N2OS. The molecule has 0 radical (unpaired) electrons. The van der Waals surface area contributed by atoms with Crippen molar-refractivity contribution in [1.82, 2.24) is 4.90 Å². The Morgan fingerprint density at radius 3 is 1.94 bits per heavy atom. The van der Waals surface area contributed by atoms with Crippen LogP contribution in [0.4, 0.5) is 0 Å². The summed E-state index contributed by atoms with van der Waals surface area (Å²) in [5, 5.41) is 0. The van der Waals surface area contributed by atoms with Crippen LogP contribution in [0.15, 0.2) is 0 Å². The molecular weight excluding hydrogens is 220 g/mol. The SMILES string of the molecule is CCCN(CCC)C(=O)C(C)(CC)C(N)=S. The molecule has 94 valence electrons. The average molecular weight is 244 g/mol. The number of carbonyl (C=O) groups is 1. The fourth-order valence-electron chi connectivity index (χ4n) is 1.63. The normalized spacial score (nSPS) is 14.2. The van der Waals surface area contributed by atoms with Crippen molar-refractivity contribution >= 4 is 23.1 Å². The van der Waals surface area contributed by atoms with Gasteiger partial charge in [0.05, 0.1) is 10.4 Å². The molecule has 0 aromatic rings. The van der Waals surface area contributed by atoms with Crippen LogP contribution < -0.4 is 5.73 Å². The predicted octanol–water partition coefficient (Wildman–Crippen LogP) is 2.34. The number of nitrogens with zero attached hydrogens (tertiary/aromatic N) is 1. The van der Waals surface area contributed by atoms with E-state index >= 15 is 0 Å². The molecule has 4 heteroatoms. The van der Waals surface area contributed by atoms with E-state index in [1.807, 2.05) is 18.7 Å². The molecule has 0 aromatic carbocycles. The van der Waals surface area contributed by atoms with Gasteiger partial charge in [0.15, 0.2) is 0 Å². The van der Waals surface area contributed by atoms with Crippen molar-refractivity contribution in [3.63, 3.8) is 0 Å². The molecule has 1 atom stereocenters. The molecule has 1 unspecified atom stereocenters. The first kappa shape index (κ1) is 15.4. The van der Waals surface area contributed by atoms with Gasteiger partial charge in [0.1, 0.15) is 0 Å². The van der Waals surface area contributed by atoms with Gasteiger partial charge >= 0.3 is 0 Å². The second kappa shape index (κ2) is 6.84. The van der Waals surface area contributed by atoms with Crippen LogP contribution in [0.1, 0.15) is 47.0 Å². The fraction of sp³-hybridized carbons (Fsp3) is 0.833. The third-order valence-electron chi connectivity index (χ3n) is 3.00. The second-order valence-corrected chi connectivity index (χ2v) is 4.78.